The summed E-state index contributed by atoms with van der Waals surface area (Å²) in [6.45, 7) is 0.451. The quantitative estimate of drug-likeness (QED) is 0.780. The maximum atomic E-state index is 11.5. The number of hydrogen-bond donors (Lipinski definition) is 0. The van der Waals surface area contributed by atoms with Crippen molar-refractivity contribution >= 4 is 17.7 Å². The van der Waals surface area contributed by atoms with Crippen molar-refractivity contribution in [1.29, 1.82) is 0 Å². The second-order valence-electron chi connectivity index (χ2n) is 4.11. The molecule has 0 saturated carbocycles. The van der Waals surface area contributed by atoms with Crippen molar-refractivity contribution in [2.45, 2.75) is 16.8 Å². The maximum Gasteiger partial charge on any atom is 0.319 e. The zero-order valence-electron chi connectivity index (χ0n) is 10.7. The lowest BCUT2D eigenvalue weighted by molar-refractivity contribution is -0.137. The second kappa shape index (κ2) is 5.49. The number of thioether (sulfide) groups is 1. The van der Waals surface area contributed by atoms with E-state index < -0.39 is 0 Å². The van der Waals surface area contributed by atoms with Gasteiger partial charge in [-0.3, -0.25) is 4.79 Å². The van der Waals surface area contributed by atoms with E-state index in [1.54, 1.807) is 11.8 Å². The van der Waals surface area contributed by atoms with Gasteiger partial charge < -0.3 is 9.47 Å². The smallest absolute Gasteiger partial charge is 0.319 e. The maximum absolute atomic E-state index is 11.5. The number of hydrogen-bond acceptors (Lipinski definition) is 7. The molecule has 1 atom stereocenters. The Morgan fingerprint density at radius 3 is 3.05 bits per heavy atom. The number of benzene rings is 1. The summed E-state index contributed by atoms with van der Waals surface area (Å²) in [5, 5.41) is 11.9. The Balaban J connectivity index is 1.91. The molecule has 1 fully saturated rings. The number of methoxy groups -OCH3 is 1. The number of aromatic nitrogens is 4. The summed E-state index contributed by atoms with van der Waals surface area (Å²) >= 11 is 1.30. The monoisotopic (exact) mass is 292 g/mol. The lowest BCUT2D eigenvalue weighted by Crippen LogP contribution is -2.11. The molecule has 2 aromatic rings. The van der Waals surface area contributed by atoms with Crippen molar-refractivity contribution in [3.8, 4) is 11.4 Å². The van der Waals surface area contributed by atoms with Crippen LogP contribution in [-0.4, -0.2) is 45.1 Å². The van der Waals surface area contributed by atoms with Crippen LogP contribution < -0.4 is 4.74 Å². The minimum absolute atomic E-state index is 0.218. The molecule has 1 saturated heterocycles. The van der Waals surface area contributed by atoms with Gasteiger partial charge in [-0.25, -0.2) is 0 Å². The summed E-state index contributed by atoms with van der Waals surface area (Å²) in [6, 6.07) is 7.42. The van der Waals surface area contributed by atoms with E-state index in [0.717, 1.165) is 5.69 Å². The van der Waals surface area contributed by atoms with E-state index in [0.29, 0.717) is 23.9 Å². The van der Waals surface area contributed by atoms with E-state index in [4.69, 9.17) is 9.47 Å². The molecule has 1 aromatic carbocycles. The van der Waals surface area contributed by atoms with Crippen molar-refractivity contribution in [2.24, 2.45) is 0 Å². The molecule has 0 spiro atoms. The van der Waals surface area contributed by atoms with Gasteiger partial charge in [0, 0.05) is 6.42 Å². The first-order valence-electron chi connectivity index (χ1n) is 6.04. The van der Waals surface area contributed by atoms with Gasteiger partial charge in [-0.15, -0.1) is 5.10 Å². The van der Waals surface area contributed by atoms with Crippen molar-refractivity contribution in [2.75, 3.05) is 13.7 Å². The molecule has 0 N–H and O–H groups in total. The van der Waals surface area contributed by atoms with Gasteiger partial charge in [-0.05, 0) is 22.6 Å². The van der Waals surface area contributed by atoms with Crippen molar-refractivity contribution in [1.82, 2.24) is 20.2 Å². The summed E-state index contributed by atoms with van der Waals surface area (Å²) in [4.78, 5) is 11.5. The topological polar surface area (TPSA) is 79.1 Å². The van der Waals surface area contributed by atoms with Gasteiger partial charge in [0.2, 0.25) is 5.16 Å². The predicted molar refractivity (Wildman–Crippen MR) is 70.9 cm³/mol. The second-order valence-corrected chi connectivity index (χ2v) is 5.28. The first kappa shape index (κ1) is 12.9. The minimum Gasteiger partial charge on any atom is -0.494 e. The number of ether oxygens (including phenoxy) is 2. The molecule has 8 heteroatoms. The van der Waals surface area contributed by atoms with Crippen molar-refractivity contribution in [3.63, 3.8) is 0 Å². The molecule has 0 aliphatic carbocycles. The van der Waals surface area contributed by atoms with Crippen LogP contribution in [-0.2, 0) is 9.53 Å². The Morgan fingerprint density at radius 1 is 1.45 bits per heavy atom. The van der Waals surface area contributed by atoms with Gasteiger partial charge in [0.1, 0.15) is 16.7 Å². The first-order valence-corrected chi connectivity index (χ1v) is 6.92. The predicted octanol–water partition coefficient (Wildman–Crippen LogP) is 1.08. The van der Waals surface area contributed by atoms with Gasteiger partial charge in [0.15, 0.2) is 0 Å². The van der Waals surface area contributed by atoms with Crippen LogP contribution in [0.1, 0.15) is 6.42 Å². The van der Waals surface area contributed by atoms with Gasteiger partial charge in [0.25, 0.3) is 0 Å². The molecule has 0 unspecified atom stereocenters. The molecule has 0 bridgehead atoms. The normalized spacial score (nSPS) is 18.1. The van der Waals surface area contributed by atoms with Gasteiger partial charge in [-0.1, -0.05) is 23.9 Å². The number of cyclic esters (lactones) is 1. The SMILES string of the molecule is COc1ccccc1-n1nnnc1S[C@H]1CCOC1=O. The van der Waals surface area contributed by atoms with Crippen molar-refractivity contribution < 1.29 is 14.3 Å². The van der Waals surface area contributed by atoms with Crippen LogP contribution in [0.25, 0.3) is 5.69 Å². The number of carbonyl (C=O) groups is 1. The Morgan fingerprint density at radius 2 is 2.30 bits per heavy atom. The summed E-state index contributed by atoms with van der Waals surface area (Å²) in [6.07, 6.45) is 0.669. The highest BCUT2D eigenvalue weighted by molar-refractivity contribution is 8.00. The molecule has 7 nitrogen and oxygen atoms in total. The highest BCUT2D eigenvalue weighted by Crippen LogP contribution is 2.31. The summed E-state index contributed by atoms with van der Waals surface area (Å²) in [7, 11) is 1.59. The number of carbonyl (C=O) groups excluding carboxylic acids is 1. The van der Waals surface area contributed by atoms with E-state index in [1.807, 2.05) is 24.3 Å². The molecule has 1 aromatic heterocycles. The fraction of sp³-hybridized carbons (Fsp3) is 0.333. The van der Waals surface area contributed by atoms with E-state index in [1.165, 1.54) is 11.8 Å². The third-order valence-electron chi connectivity index (χ3n) is 2.89. The summed E-state index contributed by atoms with van der Waals surface area (Å²) in [5.74, 6) is 0.445. The third-order valence-corrected chi connectivity index (χ3v) is 4.07. The summed E-state index contributed by atoms with van der Waals surface area (Å²) < 4.78 is 11.8. The van der Waals surface area contributed by atoms with Crippen molar-refractivity contribution in [3.05, 3.63) is 24.3 Å². The van der Waals surface area contributed by atoms with E-state index in [2.05, 4.69) is 15.5 Å². The molecular formula is C12H12N4O3S. The zero-order chi connectivity index (χ0) is 13.9. The largest absolute Gasteiger partial charge is 0.494 e. The Bertz CT molecular complexity index is 631. The Labute approximate surface area is 119 Å². The molecule has 0 amide bonds. The van der Waals surface area contributed by atoms with Crippen LogP contribution in [0.15, 0.2) is 29.4 Å². The number of esters is 1. The molecule has 20 heavy (non-hydrogen) atoms. The van der Waals surface area contributed by atoms with Crippen LogP contribution in [0, 0.1) is 0 Å². The minimum atomic E-state index is -0.255. The fourth-order valence-electron chi connectivity index (χ4n) is 1.92. The number of nitrogens with zero attached hydrogens (tertiary/aromatic N) is 4. The van der Waals surface area contributed by atoms with Crippen LogP contribution in [0.3, 0.4) is 0 Å². The molecule has 1 aliphatic rings. The number of tetrazole rings is 1. The van der Waals surface area contributed by atoms with E-state index in [-0.39, 0.29) is 11.2 Å². The highest BCUT2D eigenvalue weighted by atomic mass is 32.2. The lowest BCUT2D eigenvalue weighted by Gasteiger charge is -2.09. The standard InChI is InChI=1S/C12H12N4O3S/c1-18-9-5-3-2-4-8(9)16-12(13-14-15-16)20-10-6-7-19-11(10)17/h2-5,10H,6-7H2,1H3/t10-/m0/s1. The molecule has 104 valence electrons. The molecule has 1 aliphatic heterocycles. The molecule has 2 heterocycles. The average Bonchev–Trinajstić information content (AvgIpc) is 3.09. The van der Waals surface area contributed by atoms with Crippen LogP contribution >= 0.6 is 11.8 Å². The van der Waals surface area contributed by atoms with Gasteiger partial charge in [0.05, 0.1) is 13.7 Å². The summed E-state index contributed by atoms with van der Waals surface area (Å²) in [5.41, 5.74) is 0.730. The molecular weight excluding hydrogens is 280 g/mol. The number of rotatable bonds is 4. The third kappa shape index (κ3) is 2.34. The van der Waals surface area contributed by atoms with Crippen LogP contribution in [0.2, 0.25) is 0 Å². The van der Waals surface area contributed by atoms with Crippen LogP contribution in [0.4, 0.5) is 0 Å². The average molecular weight is 292 g/mol. The lowest BCUT2D eigenvalue weighted by atomic mass is 10.3. The molecule has 0 radical (unpaired) electrons. The first-order chi connectivity index (χ1) is 9.79. The van der Waals surface area contributed by atoms with Crippen LogP contribution in [0.5, 0.6) is 5.75 Å². The van der Waals surface area contributed by atoms with Gasteiger partial charge in [-0.2, -0.15) is 4.68 Å². The highest BCUT2D eigenvalue weighted by Gasteiger charge is 2.30. The molecule has 3 rings (SSSR count). The fourth-order valence-corrected chi connectivity index (χ4v) is 2.87. The Hall–Kier alpha value is -2.09. The van der Waals surface area contributed by atoms with E-state index in [9.17, 15) is 4.79 Å². The van der Waals surface area contributed by atoms with Gasteiger partial charge >= 0.3 is 5.97 Å². The zero-order valence-corrected chi connectivity index (χ0v) is 11.5. The van der Waals surface area contributed by atoms with E-state index >= 15 is 0 Å². The number of para-hydroxylation sites is 2. The Kier molecular flexibility index (Phi) is 3.55.